The zero-order valence-corrected chi connectivity index (χ0v) is 12.7. The van der Waals surface area contributed by atoms with Gasteiger partial charge in [0.25, 0.3) is 0 Å². The van der Waals surface area contributed by atoms with E-state index in [0.717, 1.165) is 16.5 Å². The molecule has 1 unspecified atom stereocenters. The van der Waals surface area contributed by atoms with Crippen LogP contribution in [0.2, 0.25) is 5.02 Å². The van der Waals surface area contributed by atoms with Gasteiger partial charge < -0.3 is 0 Å². The van der Waals surface area contributed by atoms with Crippen LogP contribution in [-0.2, 0) is 0 Å². The molecule has 1 N–H and O–H groups in total. The summed E-state index contributed by atoms with van der Waals surface area (Å²) in [4.78, 5) is 0. The first kappa shape index (κ1) is 14.6. The molecule has 0 saturated heterocycles. The first-order valence-corrected chi connectivity index (χ1v) is 7.25. The van der Waals surface area contributed by atoms with E-state index in [9.17, 15) is 4.39 Å². The van der Waals surface area contributed by atoms with Crippen LogP contribution < -0.4 is 0 Å². The van der Waals surface area contributed by atoms with Gasteiger partial charge in [-0.05, 0) is 30.2 Å². The number of hydrogen-bond donors (Lipinski definition) is 1. The highest BCUT2D eigenvalue weighted by Gasteiger charge is 2.23. The Kier molecular flexibility index (Phi) is 3.82. The maximum Gasteiger partial charge on any atom is 0.128 e. The SMILES string of the molecule is Cc1cccc2c(C(CC#N)c3ccc(Cl)cc3F)n[nH]c12. The molecule has 1 atom stereocenters. The van der Waals surface area contributed by atoms with Gasteiger partial charge in [0.1, 0.15) is 5.82 Å². The minimum absolute atomic E-state index is 0.145. The minimum Gasteiger partial charge on any atom is -0.277 e. The number of halogens is 2. The Morgan fingerprint density at radius 2 is 2.18 bits per heavy atom. The van der Waals surface area contributed by atoms with Crippen LogP contribution in [0.3, 0.4) is 0 Å². The van der Waals surface area contributed by atoms with Crippen molar-refractivity contribution in [3.05, 3.63) is 64.1 Å². The molecule has 22 heavy (non-hydrogen) atoms. The van der Waals surface area contributed by atoms with Gasteiger partial charge in [0, 0.05) is 22.7 Å². The molecule has 110 valence electrons. The van der Waals surface area contributed by atoms with Gasteiger partial charge in [-0.1, -0.05) is 35.9 Å². The van der Waals surface area contributed by atoms with Crippen LogP contribution in [0.1, 0.15) is 29.2 Å². The zero-order chi connectivity index (χ0) is 15.7. The molecule has 0 bridgehead atoms. The van der Waals surface area contributed by atoms with E-state index in [4.69, 9.17) is 16.9 Å². The fourth-order valence-electron chi connectivity index (χ4n) is 2.70. The largest absolute Gasteiger partial charge is 0.277 e. The Labute approximate surface area is 132 Å². The fraction of sp³-hybridized carbons (Fsp3) is 0.176. The van der Waals surface area contributed by atoms with E-state index in [2.05, 4.69) is 16.3 Å². The molecular weight excluding hydrogens is 301 g/mol. The molecule has 0 fully saturated rings. The van der Waals surface area contributed by atoms with Crippen molar-refractivity contribution in [2.24, 2.45) is 0 Å². The van der Waals surface area contributed by atoms with E-state index >= 15 is 0 Å². The average Bonchev–Trinajstić information content (AvgIpc) is 2.91. The topological polar surface area (TPSA) is 52.5 Å². The molecule has 1 aromatic heterocycles. The van der Waals surface area contributed by atoms with Gasteiger partial charge in [-0.25, -0.2) is 4.39 Å². The second-order valence-electron chi connectivity index (χ2n) is 5.19. The number of nitrogens with zero attached hydrogens (tertiary/aromatic N) is 2. The first-order chi connectivity index (χ1) is 10.6. The summed E-state index contributed by atoms with van der Waals surface area (Å²) in [5.41, 5.74) is 3.08. The monoisotopic (exact) mass is 313 g/mol. The molecule has 0 aliphatic heterocycles. The van der Waals surface area contributed by atoms with Gasteiger partial charge in [-0.2, -0.15) is 10.4 Å². The quantitative estimate of drug-likeness (QED) is 0.761. The molecule has 2 aromatic carbocycles. The third-order valence-electron chi connectivity index (χ3n) is 3.80. The van der Waals surface area contributed by atoms with Crippen LogP contribution in [-0.4, -0.2) is 10.2 Å². The summed E-state index contributed by atoms with van der Waals surface area (Å²) in [5, 5.41) is 17.7. The summed E-state index contributed by atoms with van der Waals surface area (Å²) in [7, 11) is 0. The normalized spacial score (nSPS) is 12.3. The Balaban J connectivity index is 2.18. The molecule has 0 amide bonds. The lowest BCUT2D eigenvalue weighted by molar-refractivity contribution is 0.595. The molecule has 1 heterocycles. The number of aromatic amines is 1. The lowest BCUT2D eigenvalue weighted by Crippen LogP contribution is -2.04. The van der Waals surface area contributed by atoms with Crippen molar-refractivity contribution in [3.63, 3.8) is 0 Å². The van der Waals surface area contributed by atoms with E-state index in [1.807, 2.05) is 25.1 Å². The number of hydrogen-bond acceptors (Lipinski definition) is 2. The van der Waals surface area contributed by atoms with Gasteiger partial charge >= 0.3 is 0 Å². The highest BCUT2D eigenvalue weighted by Crippen LogP contribution is 2.34. The average molecular weight is 314 g/mol. The molecule has 3 nitrogen and oxygen atoms in total. The highest BCUT2D eigenvalue weighted by molar-refractivity contribution is 6.30. The number of fused-ring (bicyclic) bond motifs is 1. The van der Waals surface area contributed by atoms with Crippen LogP contribution in [0.4, 0.5) is 4.39 Å². The smallest absolute Gasteiger partial charge is 0.128 e. The van der Waals surface area contributed by atoms with Crippen LogP contribution in [0.5, 0.6) is 0 Å². The van der Waals surface area contributed by atoms with E-state index in [-0.39, 0.29) is 6.42 Å². The number of H-pyrrole nitrogens is 1. The van der Waals surface area contributed by atoms with Gasteiger partial charge in [0.15, 0.2) is 0 Å². The summed E-state index contributed by atoms with van der Waals surface area (Å²) in [6.07, 6.45) is 0.145. The number of rotatable bonds is 3. The van der Waals surface area contributed by atoms with Crippen molar-refractivity contribution in [2.45, 2.75) is 19.3 Å². The second-order valence-corrected chi connectivity index (χ2v) is 5.62. The molecule has 3 rings (SSSR count). The van der Waals surface area contributed by atoms with Gasteiger partial charge in [0.2, 0.25) is 0 Å². The Morgan fingerprint density at radius 1 is 1.36 bits per heavy atom. The molecule has 0 radical (unpaired) electrons. The third-order valence-corrected chi connectivity index (χ3v) is 4.04. The summed E-state index contributed by atoms with van der Waals surface area (Å²) < 4.78 is 14.3. The van der Waals surface area contributed by atoms with Gasteiger partial charge in [0.05, 0.1) is 17.3 Å². The van der Waals surface area contributed by atoms with Crippen molar-refractivity contribution in [1.82, 2.24) is 10.2 Å². The lowest BCUT2D eigenvalue weighted by atomic mass is 9.90. The standard InChI is InChI=1S/C17H13ClFN3/c1-10-3-2-4-14-16(10)21-22-17(14)13(7-8-20)12-6-5-11(18)9-15(12)19/h2-6,9,13H,7H2,1H3,(H,21,22). The summed E-state index contributed by atoms with van der Waals surface area (Å²) >= 11 is 5.81. The molecule has 3 aromatic rings. The molecule has 0 spiro atoms. The number of nitrogens with one attached hydrogen (secondary N) is 1. The van der Waals surface area contributed by atoms with Crippen molar-refractivity contribution >= 4 is 22.5 Å². The predicted octanol–water partition coefficient (Wildman–Crippen LogP) is 4.71. The van der Waals surface area contributed by atoms with Crippen LogP contribution >= 0.6 is 11.6 Å². The van der Waals surface area contributed by atoms with E-state index in [0.29, 0.717) is 16.3 Å². The summed E-state index contributed by atoms with van der Waals surface area (Å²) in [6, 6.07) is 12.5. The van der Waals surface area contributed by atoms with Crippen molar-refractivity contribution in [1.29, 1.82) is 5.26 Å². The maximum atomic E-state index is 14.3. The summed E-state index contributed by atoms with van der Waals surface area (Å²) in [6.45, 7) is 1.98. The summed E-state index contributed by atoms with van der Waals surface area (Å²) in [5.74, 6) is -0.852. The molecule has 5 heteroatoms. The molecular formula is C17H13ClFN3. The third kappa shape index (κ3) is 2.44. The zero-order valence-electron chi connectivity index (χ0n) is 11.9. The number of aromatic nitrogens is 2. The van der Waals surface area contributed by atoms with Crippen molar-refractivity contribution in [3.8, 4) is 6.07 Å². The minimum atomic E-state index is -0.433. The Bertz CT molecular complexity index is 879. The number of aryl methyl sites for hydroxylation is 1. The number of para-hydroxylation sites is 1. The van der Waals surface area contributed by atoms with Gasteiger partial charge in [-0.3, -0.25) is 5.10 Å². The van der Waals surface area contributed by atoms with Crippen LogP contribution in [0, 0.1) is 24.1 Å². The molecule has 0 saturated carbocycles. The van der Waals surface area contributed by atoms with Crippen molar-refractivity contribution in [2.75, 3.05) is 0 Å². The second kappa shape index (κ2) is 5.78. The molecule has 0 aliphatic carbocycles. The number of nitriles is 1. The van der Waals surface area contributed by atoms with Crippen LogP contribution in [0.25, 0.3) is 10.9 Å². The van der Waals surface area contributed by atoms with E-state index in [1.54, 1.807) is 12.1 Å². The Morgan fingerprint density at radius 3 is 2.91 bits per heavy atom. The van der Waals surface area contributed by atoms with Crippen molar-refractivity contribution < 1.29 is 4.39 Å². The number of benzene rings is 2. The molecule has 0 aliphatic rings. The van der Waals surface area contributed by atoms with Gasteiger partial charge in [-0.15, -0.1) is 0 Å². The van der Waals surface area contributed by atoms with E-state index < -0.39 is 11.7 Å². The maximum absolute atomic E-state index is 14.3. The highest BCUT2D eigenvalue weighted by atomic mass is 35.5. The fourth-order valence-corrected chi connectivity index (χ4v) is 2.86. The predicted molar refractivity (Wildman–Crippen MR) is 84.3 cm³/mol. The van der Waals surface area contributed by atoms with E-state index in [1.165, 1.54) is 6.07 Å². The first-order valence-electron chi connectivity index (χ1n) is 6.87. The Hall–Kier alpha value is -2.38. The lowest BCUT2D eigenvalue weighted by Gasteiger charge is -2.13. The van der Waals surface area contributed by atoms with Crippen LogP contribution in [0.15, 0.2) is 36.4 Å².